The normalized spacial score (nSPS) is 18.2. The zero-order valence-corrected chi connectivity index (χ0v) is 16.1. The van der Waals surface area contributed by atoms with Gasteiger partial charge in [0, 0.05) is 32.3 Å². The Kier molecular flexibility index (Phi) is 5.74. The highest BCUT2D eigenvalue weighted by Crippen LogP contribution is 2.27. The lowest BCUT2D eigenvalue weighted by molar-refractivity contribution is -0.126. The molecule has 2 atom stereocenters. The highest BCUT2D eigenvalue weighted by atomic mass is 32.1. The number of nitrogens with one attached hydrogen (secondary N) is 1. The lowest BCUT2D eigenvalue weighted by atomic mass is 10.1. The number of thiophene rings is 1. The third-order valence-electron chi connectivity index (χ3n) is 4.96. The molecular formula is C20H24N2O3S. The van der Waals surface area contributed by atoms with Crippen molar-refractivity contribution in [2.75, 3.05) is 25.1 Å². The number of carbonyl (C=O) groups excluding carboxylic acids is 2. The zero-order chi connectivity index (χ0) is 18.7. The first-order chi connectivity index (χ1) is 12.5. The number of amides is 2. The molecule has 1 aromatic carbocycles. The molecule has 1 aliphatic rings. The number of rotatable bonds is 6. The lowest BCUT2D eigenvalue weighted by Crippen LogP contribution is -2.35. The van der Waals surface area contributed by atoms with Crippen molar-refractivity contribution in [1.82, 2.24) is 5.32 Å². The van der Waals surface area contributed by atoms with Crippen LogP contribution in [0, 0.1) is 19.8 Å². The van der Waals surface area contributed by atoms with Gasteiger partial charge in [-0.1, -0.05) is 6.07 Å². The molecule has 1 saturated heterocycles. The number of benzene rings is 1. The number of hydrogen-bond acceptors (Lipinski definition) is 4. The highest BCUT2D eigenvalue weighted by Gasteiger charge is 2.35. The fourth-order valence-corrected chi connectivity index (χ4v) is 3.86. The summed E-state index contributed by atoms with van der Waals surface area (Å²) < 4.78 is 5.46. The van der Waals surface area contributed by atoms with Crippen LogP contribution in [-0.2, 0) is 14.3 Å². The molecule has 0 aliphatic carbocycles. The van der Waals surface area contributed by atoms with Crippen molar-refractivity contribution < 1.29 is 14.3 Å². The second kappa shape index (κ2) is 8.01. The van der Waals surface area contributed by atoms with Gasteiger partial charge in [-0.2, -0.15) is 11.3 Å². The summed E-state index contributed by atoms with van der Waals surface area (Å²) in [4.78, 5) is 26.6. The summed E-state index contributed by atoms with van der Waals surface area (Å²) >= 11 is 1.60. The molecule has 5 nitrogen and oxygen atoms in total. The minimum absolute atomic E-state index is 0.00507. The van der Waals surface area contributed by atoms with Crippen LogP contribution < -0.4 is 10.2 Å². The molecular weight excluding hydrogens is 348 g/mol. The molecule has 2 unspecified atom stereocenters. The molecule has 1 fully saturated rings. The largest absolute Gasteiger partial charge is 0.375 e. The van der Waals surface area contributed by atoms with Gasteiger partial charge in [0.25, 0.3) is 0 Å². The van der Waals surface area contributed by atoms with E-state index in [1.807, 2.05) is 48.9 Å². The quantitative estimate of drug-likeness (QED) is 0.847. The predicted octanol–water partition coefficient (Wildman–Crippen LogP) is 3.22. The van der Waals surface area contributed by atoms with Crippen LogP contribution in [0.25, 0.3) is 0 Å². The summed E-state index contributed by atoms with van der Waals surface area (Å²) in [7, 11) is 1.63. The van der Waals surface area contributed by atoms with Gasteiger partial charge in [0.15, 0.2) is 0 Å². The fourth-order valence-electron chi connectivity index (χ4n) is 3.16. The van der Waals surface area contributed by atoms with Gasteiger partial charge in [0.2, 0.25) is 11.8 Å². The average Bonchev–Trinajstić information content (AvgIpc) is 3.28. The van der Waals surface area contributed by atoms with Gasteiger partial charge in [-0.15, -0.1) is 0 Å². The Bertz CT molecular complexity index is 788. The van der Waals surface area contributed by atoms with E-state index in [2.05, 4.69) is 5.32 Å². The van der Waals surface area contributed by atoms with Gasteiger partial charge in [0.05, 0.1) is 5.92 Å². The van der Waals surface area contributed by atoms with E-state index in [0.29, 0.717) is 13.1 Å². The number of aryl methyl sites for hydroxylation is 2. The summed E-state index contributed by atoms with van der Waals surface area (Å²) in [5, 5.41) is 6.94. The summed E-state index contributed by atoms with van der Waals surface area (Å²) in [6, 6.07) is 7.95. The molecule has 0 saturated carbocycles. The molecule has 138 valence electrons. The van der Waals surface area contributed by atoms with Gasteiger partial charge in [0.1, 0.15) is 6.10 Å². The van der Waals surface area contributed by atoms with Crippen molar-refractivity contribution in [3.8, 4) is 0 Å². The predicted molar refractivity (Wildman–Crippen MR) is 103 cm³/mol. The van der Waals surface area contributed by atoms with E-state index in [9.17, 15) is 9.59 Å². The van der Waals surface area contributed by atoms with Crippen LogP contribution in [0.15, 0.2) is 35.0 Å². The summed E-state index contributed by atoms with van der Waals surface area (Å²) in [5.41, 5.74) is 4.24. The maximum atomic E-state index is 12.5. The highest BCUT2D eigenvalue weighted by molar-refractivity contribution is 7.07. The van der Waals surface area contributed by atoms with Crippen LogP contribution in [0.3, 0.4) is 0 Å². The van der Waals surface area contributed by atoms with Crippen LogP contribution in [-0.4, -0.2) is 32.0 Å². The molecule has 2 amide bonds. The molecule has 26 heavy (non-hydrogen) atoms. The number of carbonyl (C=O) groups is 2. The Balaban J connectivity index is 1.60. The third kappa shape index (κ3) is 3.97. The van der Waals surface area contributed by atoms with Crippen molar-refractivity contribution in [3.63, 3.8) is 0 Å². The number of nitrogens with zero attached hydrogens (tertiary/aromatic N) is 1. The maximum Gasteiger partial charge on any atom is 0.227 e. The zero-order valence-electron chi connectivity index (χ0n) is 15.3. The Morgan fingerprint density at radius 2 is 2.15 bits per heavy atom. The van der Waals surface area contributed by atoms with Crippen LogP contribution >= 0.6 is 11.3 Å². The number of hydrogen-bond donors (Lipinski definition) is 1. The molecule has 2 heterocycles. The number of ether oxygens (including phenoxy) is 1. The summed E-state index contributed by atoms with van der Waals surface area (Å²) in [5.74, 6) is -0.430. The minimum atomic E-state index is -0.330. The van der Waals surface area contributed by atoms with Gasteiger partial charge in [-0.25, -0.2) is 0 Å². The molecule has 1 aliphatic heterocycles. The Morgan fingerprint density at radius 3 is 2.81 bits per heavy atom. The fraction of sp³-hybridized carbons (Fsp3) is 0.400. The first-order valence-corrected chi connectivity index (χ1v) is 9.64. The van der Waals surface area contributed by atoms with Crippen LogP contribution in [0.1, 0.15) is 29.2 Å². The molecule has 0 spiro atoms. The van der Waals surface area contributed by atoms with Crippen molar-refractivity contribution in [3.05, 3.63) is 51.7 Å². The second-order valence-corrected chi connectivity index (χ2v) is 7.48. The van der Waals surface area contributed by atoms with E-state index in [1.54, 1.807) is 23.3 Å². The molecule has 2 aromatic rings. The SMILES string of the molecule is COC(CNC(=O)C1CC(=O)N(c2ccc(C)c(C)c2)C1)c1ccsc1. The first kappa shape index (κ1) is 18.6. The van der Waals surface area contributed by atoms with Gasteiger partial charge >= 0.3 is 0 Å². The standard InChI is InChI=1S/C20H24N2O3S/c1-13-4-5-17(8-14(13)2)22-11-16(9-19(22)23)20(24)21-10-18(25-3)15-6-7-26-12-15/h4-8,12,16,18H,9-11H2,1-3H3,(H,21,24). The van der Waals surface area contributed by atoms with Crippen molar-refractivity contribution in [2.24, 2.45) is 5.92 Å². The van der Waals surface area contributed by atoms with E-state index in [-0.39, 0.29) is 30.3 Å². The van der Waals surface area contributed by atoms with Crippen LogP contribution in [0.2, 0.25) is 0 Å². The van der Waals surface area contributed by atoms with Crippen LogP contribution in [0.4, 0.5) is 5.69 Å². The lowest BCUT2D eigenvalue weighted by Gasteiger charge is -2.19. The van der Waals surface area contributed by atoms with Gasteiger partial charge in [-0.3, -0.25) is 9.59 Å². The Morgan fingerprint density at radius 1 is 1.35 bits per heavy atom. The number of anilines is 1. The molecule has 0 bridgehead atoms. The maximum absolute atomic E-state index is 12.5. The van der Waals surface area contributed by atoms with Crippen LogP contribution in [0.5, 0.6) is 0 Å². The van der Waals surface area contributed by atoms with Gasteiger partial charge in [-0.05, 0) is 59.5 Å². The van der Waals surface area contributed by atoms with Gasteiger partial charge < -0.3 is 15.0 Å². The van der Waals surface area contributed by atoms with Crippen molar-refractivity contribution >= 4 is 28.8 Å². The first-order valence-electron chi connectivity index (χ1n) is 8.69. The summed E-state index contributed by atoms with van der Waals surface area (Å²) in [6.45, 7) is 4.89. The molecule has 1 N–H and O–H groups in total. The molecule has 3 rings (SSSR count). The third-order valence-corrected chi connectivity index (χ3v) is 5.66. The average molecular weight is 372 g/mol. The van der Waals surface area contributed by atoms with E-state index >= 15 is 0 Å². The smallest absolute Gasteiger partial charge is 0.227 e. The molecule has 1 aromatic heterocycles. The van der Waals surface area contributed by atoms with Crippen molar-refractivity contribution in [1.29, 1.82) is 0 Å². The Labute approximate surface area is 158 Å². The molecule has 6 heteroatoms. The topological polar surface area (TPSA) is 58.6 Å². The number of methoxy groups -OCH3 is 1. The molecule has 0 radical (unpaired) electrons. The van der Waals surface area contributed by atoms with E-state index in [1.165, 1.54) is 5.56 Å². The second-order valence-electron chi connectivity index (χ2n) is 6.70. The van der Waals surface area contributed by atoms with E-state index in [4.69, 9.17) is 4.74 Å². The van der Waals surface area contributed by atoms with Crippen molar-refractivity contribution in [2.45, 2.75) is 26.4 Å². The monoisotopic (exact) mass is 372 g/mol. The minimum Gasteiger partial charge on any atom is -0.375 e. The van der Waals surface area contributed by atoms with E-state index < -0.39 is 0 Å². The van der Waals surface area contributed by atoms with E-state index in [0.717, 1.165) is 16.8 Å². The summed E-state index contributed by atoms with van der Waals surface area (Å²) in [6.07, 6.45) is 0.0765. The Hall–Kier alpha value is -2.18.